The standard InChI is InChI=1S/C17H15N3O4/c21-15(22)8-6-10-3-1-2-4-12(10)18-16(23)11-5-7-13-14(9-11)20-17(24)19-13/h1-5,7,9H,6,8H2,(H,18,23)(H,21,22)(H2,19,20,24). The zero-order valence-electron chi connectivity index (χ0n) is 12.6. The molecule has 1 aromatic heterocycles. The summed E-state index contributed by atoms with van der Waals surface area (Å²) in [6.45, 7) is 0. The lowest BCUT2D eigenvalue weighted by molar-refractivity contribution is -0.136. The van der Waals surface area contributed by atoms with E-state index < -0.39 is 5.97 Å². The maximum absolute atomic E-state index is 12.4. The number of aryl methyl sites for hydroxylation is 1. The van der Waals surface area contributed by atoms with E-state index in [2.05, 4.69) is 15.3 Å². The molecule has 1 heterocycles. The smallest absolute Gasteiger partial charge is 0.323 e. The molecular formula is C17H15N3O4. The number of amides is 1. The van der Waals surface area contributed by atoms with Crippen LogP contribution in [0.4, 0.5) is 5.69 Å². The Morgan fingerprint density at radius 1 is 1.04 bits per heavy atom. The van der Waals surface area contributed by atoms with Gasteiger partial charge in [-0.2, -0.15) is 0 Å². The molecule has 0 unspecified atom stereocenters. The summed E-state index contributed by atoms with van der Waals surface area (Å²) >= 11 is 0. The second kappa shape index (κ2) is 6.41. The highest BCUT2D eigenvalue weighted by molar-refractivity contribution is 6.06. The van der Waals surface area contributed by atoms with Crippen LogP contribution in [-0.2, 0) is 11.2 Å². The van der Waals surface area contributed by atoms with Crippen LogP contribution in [0.15, 0.2) is 47.3 Å². The molecule has 3 rings (SSSR count). The lowest BCUT2D eigenvalue weighted by atomic mass is 10.1. The Kier molecular flexibility index (Phi) is 4.15. The third kappa shape index (κ3) is 3.35. The Hall–Kier alpha value is -3.35. The molecule has 2 aromatic carbocycles. The van der Waals surface area contributed by atoms with Crippen molar-refractivity contribution in [2.45, 2.75) is 12.8 Å². The molecule has 0 saturated heterocycles. The Balaban J connectivity index is 1.83. The van der Waals surface area contributed by atoms with Crippen LogP contribution < -0.4 is 11.0 Å². The first-order valence-corrected chi connectivity index (χ1v) is 7.36. The molecule has 0 aliphatic heterocycles. The van der Waals surface area contributed by atoms with Crippen molar-refractivity contribution in [3.8, 4) is 0 Å². The number of para-hydroxylation sites is 1. The number of carboxylic acid groups (broad SMARTS) is 1. The van der Waals surface area contributed by atoms with E-state index in [1.165, 1.54) is 0 Å². The van der Waals surface area contributed by atoms with Crippen molar-refractivity contribution in [2.24, 2.45) is 0 Å². The number of hydrogen-bond acceptors (Lipinski definition) is 3. The van der Waals surface area contributed by atoms with E-state index in [1.807, 2.05) is 0 Å². The summed E-state index contributed by atoms with van der Waals surface area (Å²) in [5, 5.41) is 11.6. The molecule has 0 aliphatic carbocycles. The van der Waals surface area contributed by atoms with Gasteiger partial charge in [-0.15, -0.1) is 0 Å². The van der Waals surface area contributed by atoms with E-state index in [-0.39, 0.29) is 18.0 Å². The van der Waals surface area contributed by atoms with E-state index in [9.17, 15) is 14.4 Å². The summed E-state index contributed by atoms with van der Waals surface area (Å²) in [5.74, 6) is -1.22. The molecule has 0 radical (unpaired) electrons. The number of hydrogen-bond donors (Lipinski definition) is 4. The maximum atomic E-state index is 12.4. The number of nitrogens with one attached hydrogen (secondary N) is 3. The summed E-state index contributed by atoms with van der Waals surface area (Å²) in [6.07, 6.45) is 0.319. The second-order valence-electron chi connectivity index (χ2n) is 5.34. The van der Waals surface area contributed by atoms with Crippen molar-refractivity contribution >= 4 is 28.6 Å². The highest BCUT2D eigenvalue weighted by atomic mass is 16.4. The van der Waals surface area contributed by atoms with Gasteiger partial charge in [-0.1, -0.05) is 18.2 Å². The number of H-pyrrole nitrogens is 2. The predicted octanol–water partition coefficient (Wildman–Crippen LogP) is 2.13. The van der Waals surface area contributed by atoms with Gasteiger partial charge in [0.25, 0.3) is 5.91 Å². The molecule has 122 valence electrons. The first-order chi connectivity index (χ1) is 11.5. The molecule has 0 saturated carbocycles. The fourth-order valence-corrected chi connectivity index (χ4v) is 2.47. The maximum Gasteiger partial charge on any atom is 0.323 e. The molecule has 24 heavy (non-hydrogen) atoms. The molecule has 1 amide bonds. The topological polar surface area (TPSA) is 115 Å². The molecule has 0 atom stereocenters. The number of carbonyl (C=O) groups is 2. The fraction of sp³-hybridized carbons (Fsp3) is 0.118. The summed E-state index contributed by atoms with van der Waals surface area (Å²) < 4.78 is 0. The number of aromatic amines is 2. The Bertz CT molecular complexity index is 971. The van der Waals surface area contributed by atoms with Crippen LogP contribution in [0.25, 0.3) is 11.0 Å². The van der Waals surface area contributed by atoms with E-state index in [0.29, 0.717) is 28.7 Å². The van der Waals surface area contributed by atoms with Crippen LogP contribution in [0.1, 0.15) is 22.3 Å². The van der Waals surface area contributed by atoms with Crippen molar-refractivity contribution in [1.82, 2.24) is 9.97 Å². The van der Waals surface area contributed by atoms with Gasteiger partial charge in [0.1, 0.15) is 0 Å². The summed E-state index contributed by atoms with van der Waals surface area (Å²) in [6, 6.07) is 11.9. The molecule has 0 fully saturated rings. The van der Waals surface area contributed by atoms with Crippen LogP contribution in [0.5, 0.6) is 0 Å². The van der Waals surface area contributed by atoms with Crippen LogP contribution in [0.2, 0.25) is 0 Å². The Morgan fingerprint density at radius 3 is 2.58 bits per heavy atom. The minimum Gasteiger partial charge on any atom is -0.481 e. The minimum absolute atomic E-state index is 0.0105. The quantitative estimate of drug-likeness (QED) is 0.575. The second-order valence-corrected chi connectivity index (χ2v) is 5.34. The number of benzene rings is 2. The predicted molar refractivity (Wildman–Crippen MR) is 89.3 cm³/mol. The number of imidazole rings is 1. The summed E-state index contributed by atoms with van der Waals surface area (Å²) in [5.41, 5.74) is 2.56. The average Bonchev–Trinajstić information content (AvgIpc) is 2.93. The monoisotopic (exact) mass is 325 g/mol. The van der Waals surface area contributed by atoms with Crippen LogP contribution in [0.3, 0.4) is 0 Å². The van der Waals surface area contributed by atoms with Gasteiger partial charge >= 0.3 is 11.7 Å². The largest absolute Gasteiger partial charge is 0.481 e. The van der Waals surface area contributed by atoms with Crippen LogP contribution in [0, 0.1) is 0 Å². The van der Waals surface area contributed by atoms with Gasteiger partial charge in [-0.25, -0.2) is 4.79 Å². The van der Waals surface area contributed by atoms with Crippen molar-refractivity contribution in [3.63, 3.8) is 0 Å². The minimum atomic E-state index is -0.891. The summed E-state index contributed by atoms with van der Waals surface area (Å²) in [7, 11) is 0. The molecule has 4 N–H and O–H groups in total. The average molecular weight is 325 g/mol. The van der Waals surface area contributed by atoms with Crippen molar-refractivity contribution in [1.29, 1.82) is 0 Å². The normalized spacial score (nSPS) is 10.7. The highest BCUT2D eigenvalue weighted by Gasteiger charge is 2.11. The van der Waals surface area contributed by atoms with Crippen molar-refractivity contribution in [3.05, 3.63) is 64.1 Å². The van der Waals surface area contributed by atoms with Crippen LogP contribution >= 0.6 is 0 Å². The molecule has 7 heteroatoms. The van der Waals surface area contributed by atoms with Gasteiger partial charge < -0.3 is 20.4 Å². The van der Waals surface area contributed by atoms with Gasteiger partial charge in [0.05, 0.1) is 11.0 Å². The number of fused-ring (bicyclic) bond motifs is 1. The Labute approximate surface area is 136 Å². The van der Waals surface area contributed by atoms with Gasteiger partial charge in [0, 0.05) is 17.7 Å². The van der Waals surface area contributed by atoms with Crippen molar-refractivity contribution < 1.29 is 14.7 Å². The van der Waals surface area contributed by atoms with Gasteiger partial charge in [-0.3, -0.25) is 9.59 Å². The molecule has 7 nitrogen and oxygen atoms in total. The number of carboxylic acids is 1. The fourth-order valence-electron chi connectivity index (χ4n) is 2.47. The first kappa shape index (κ1) is 15.5. The molecular weight excluding hydrogens is 310 g/mol. The third-order valence-electron chi connectivity index (χ3n) is 3.65. The van der Waals surface area contributed by atoms with E-state index in [0.717, 1.165) is 5.56 Å². The molecule has 0 aliphatic rings. The molecule has 3 aromatic rings. The lowest BCUT2D eigenvalue weighted by Crippen LogP contribution is -2.13. The number of rotatable bonds is 5. The van der Waals surface area contributed by atoms with E-state index in [1.54, 1.807) is 42.5 Å². The first-order valence-electron chi connectivity index (χ1n) is 7.36. The Morgan fingerprint density at radius 2 is 1.79 bits per heavy atom. The third-order valence-corrected chi connectivity index (χ3v) is 3.65. The summed E-state index contributed by atoms with van der Waals surface area (Å²) in [4.78, 5) is 39.7. The highest BCUT2D eigenvalue weighted by Crippen LogP contribution is 2.19. The molecule has 0 spiro atoms. The van der Waals surface area contributed by atoms with Gasteiger partial charge in [0.15, 0.2) is 0 Å². The number of aliphatic carboxylic acids is 1. The van der Waals surface area contributed by atoms with E-state index in [4.69, 9.17) is 5.11 Å². The SMILES string of the molecule is O=C(O)CCc1ccccc1NC(=O)c1ccc2[nH]c(=O)[nH]c2c1. The zero-order valence-corrected chi connectivity index (χ0v) is 12.6. The lowest BCUT2D eigenvalue weighted by Gasteiger charge is -2.10. The van der Waals surface area contributed by atoms with Gasteiger partial charge in [-0.05, 0) is 36.2 Å². The van der Waals surface area contributed by atoms with Crippen molar-refractivity contribution in [2.75, 3.05) is 5.32 Å². The number of anilines is 1. The molecule has 0 bridgehead atoms. The van der Waals surface area contributed by atoms with Gasteiger partial charge in [0.2, 0.25) is 0 Å². The number of carbonyl (C=O) groups excluding carboxylic acids is 1. The van der Waals surface area contributed by atoms with Crippen LogP contribution in [-0.4, -0.2) is 27.0 Å². The van der Waals surface area contributed by atoms with E-state index >= 15 is 0 Å². The zero-order chi connectivity index (χ0) is 17.1. The number of aromatic nitrogens is 2.